The van der Waals surface area contributed by atoms with E-state index < -0.39 is 139 Å². The third kappa shape index (κ3) is 18.2. The van der Waals surface area contributed by atoms with Crippen LogP contribution in [0.25, 0.3) is 31.9 Å². The lowest BCUT2D eigenvalue weighted by atomic mass is 10.0. The Morgan fingerprint density at radius 1 is 0.615 bits per heavy atom. The molecule has 0 saturated heterocycles. The van der Waals surface area contributed by atoms with Gasteiger partial charge in [-0.25, -0.2) is 4.98 Å². The number of H-pyrrole nitrogens is 3. The van der Waals surface area contributed by atoms with Crippen LogP contribution < -0.4 is 53.6 Å². The first-order chi connectivity index (χ1) is 46.1. The molecule has 1 unspecified atom stereocenters. The van der Waals surface area contributed by atoms with E-state index >= 15 is 14.4 Å². The summed E-state index contributed by atoms with van der Waals surface area (Å²) >= 11 is 2.64. The summed E-state index contributed by atoms with van der Waals surface area (Å²) in [5.41, 5.74) is 9.18. The number of nitrogens with one attached hydrogen (secondary N) is 12. The van der Waals surface area contributed by atoms with Gasteiger partial charge in [0.15, 0.2) is 0 Å². The third-order valence-corrected chi connectivity index (χ3v) is 18.3. The van der Waals surface area contributed by atoms with Crippen LogP contribution in [0.4, 0.5) is 0 Å². The van der Waals surface area contributed by atoms with Crippen LogP contribution in [0.15, 0.2) is 120 Å². The molecule has 18 N–H and O–H groups in total. The summed E-state index contributed by atoms with van der Waals surface area (Å²) in [6.07, 6.45) is 6.33. The number of thioether (sulfide) groups is 1. The number of phenolic OH excluding ortho intramolecular Hbond substituents is 1. The van der Waals surface area contributed by atoms with Gasteiger partial charge in [-0.05, 0) is 71.7 Å². The van der Waals surface area contributed by atoms with E-state index in [0.29, 0.717) is 62.2 Å². The molecule has 5 aromatic heterocycles. The van der Waals surface area contributed by atoms with E-state index in [-0.39, 0.29) is 50.0 Å². The number of primary amides is 1. The summed E-state index contributed by atoms with van der Waals surface area (Å²) in [5, 5.41) is 68.8. The van der Waals surface area contributed by atoms with Crippen LogP contribution >= 0.6 is 23.1 Å². The van der Waals surface area contributed by atoms with Gasteiger partial charge < -0.3 is 93.5 Å². The Morgan fingerprint density at radius 2 is 1.12 bits per heavy atom. The summed E-state index contributed by atoms with van der Waals surface area (Å²) in [6, 6.07) is 7.12. The molecule has 9 atom stereocenters. The number of hydrogen-bond acceptors (Lipinski definition) is 17. The van der Waals surface area contributed by atoms with Gasteiger partial charge in [0.1, 0.15) is 60.1 Å². The van der Waals surface area contributed by atoms with E-state index in [2.05, 4.69) is 67.8 Å². The van der Waals surface area contributed by atoms with Crippen molar-refractivity contribution in [3.8, 4) is 5.75 Å². The molecule has 8 aromatic rings. The number of aromatic amines is 3. The van der Waals surface area contributed by atoms with E-state index in [1.807, 2.05) is 40.4 Å². The second-order valence-electron chi connectivity index (χ2n) is 23.0. The van der Waals surface area contributed by atoms with Crippen molar-refractivity contribution in [2.45, 2.75) is 124 Å². The molecule has 32 heteroatoms. The van der Waals surface area contributed by atoms with Gasteiger partial charge in [0.05, 0.1) is 35.7 Å². The summed E-state index contributed by atoms with van der Waals surface area (Å²) in [5.74, 6) is -11.8. The summed E-state index contributed by atoms with van der Waals surface area (Å²) in [4.78, 5) is 168. The quantitative estimate of drug-likeness (QED) is 0.0663. The number of hydrogen-bond donors (Lipinski definition) is 17. The van der Waals surface area contributed by atoms with Gasteiger partial charge in [-0.1, -0.05) is 48.5 Å². The fourth-order valence-corrected chi connectivity index (χ4v) is 13.4. The van der Waals surface area contributed by atoms with Crippen molar-refractivity contribution in [3.63, 3.8) is 0 Å². The zero-order valence-corrected chi connectivity index (χ0v) is 53.4. The second kappa shape index (κ2) is 32.5. The van der Waals surface area contributed by atoms with Gasteiger partial charge in [0.2, 0.25) is 59.1 Å². The molecule has 6 heterocycles. The molecule has 30 nitrogen and oxygen atoms in total. The Bertz CT molecular complexity index is 4130. The van der Waals surface area contributed by atoms with Gasteiger partial charge in [-0.15, -0.1) is 23.1 Å². The molecule has 0 radical (unpaired) electrons. The molecule has 96 heavy (non-hydrogen) atoms. The van der Waals surface area contributed by atoms with Gasteiger partial charge in [0.25, 0.3) is 0 Å². The number of aliphatic carboxylic acids is 1. The molecule has 0 spiro atoms. The third-order valence-electron chi connectivity index (χ3n) is 16.1. The zero-order valence-electron chi connectivity index (χ0n) is 51.7. The number of carboxylic acid groups (broad SMARTS) is 1. The number of nitrogens with two attached hydrogens (primary N) is 1. The number of rotatable bonds is 14. The number of aliphatic hydroxyl groups is 2. The number of benzene rings is 3. The van der Waals surface area contributed by atoms with E-state index in [1.165, 1.54) is 59.9 Å². The Kier molecular flexibility index (Phi) is 23.6. The van der Waals surface area contributed by atoms with Gasteiger partial charge in [-0.2, -0.15) is 0 Å². The zero-order chi connectivity index (χ0) is 68.6. The van der Waals surface area contributed by atoms with Crippen LogP contribution in [-0.4, -0.2) is 183 Å². The van der Waals surface area contributed by atoms with Crippen LogP contribution in [0.3, 0.4) is 0 Å². The standard InChI is InChI=1S/C64H73N15O15S2/c1-33(82)70-44-12-6-7-18-79-28-35-17-19-95-54(35)64(79)96-31-52(55(65)86)78-59(90)47(22-37-26-68-43-11-5-3-9-41(37)43)72-57(88)45(20-34-13-15-39(83)16-14-34)71-60(91)48(23-38-27-66-32-69-38)74-58(89)46(21-36-25-67-42-10-4-2-8-40(36)42)73-62(93)51(30-81)77-61(92)49(24-53(84)85)75-63(94)50(29-80)76-56(44)87/h2-5,8-11,13-17,19,25-28,32,44-52,67-68,80-81,83H,6-7,12,18,20-24,29-31H2,1H3,(H2,65,86)(H,66,69)(H,70,82)(H,71,91)(H,72,88)(H,73,93)(H,74,89)(H,75,94)(H,76,87)(H,77,92)(H,78,90)(H,84,85)/t44-,45-,46-,47-,48?,49-,50-,51-,52-/m0/s1. The number of aryl methyl sites for hydroxylation is 1. The largest absolute Gasteiger partial charge is 0.508 e. The Labute approximate surface area is 555 Å². The van der Waals surface area contributed by atoms with Crippen LogP contribution in [0.5, 0.6) is 5.75 Å². The minimum atomic E-state index is -2.02. The van der Waals surface area contributed by atoms with Crippen molar-refractivity contribution in [3.05, 3.63) is 138 Å². The first-order valence-corrected chi connectivity index (χ1v) is 32.5. The second-order valence-corrected chi connectivity index (χ2v) is 25.0. The molecule has 3 aromatic carbocycles. The topological polar surface area (TPSA) is 468 Å². The smallest absolute Gasteiger partial charge is 0.305 e. The highest BCUT2D eigenvalue weighted by atomic mass is 32.2. The molecule has 9 rings (SSSR count). The number of phenols is 1. The molecule has 0 fully saturated rings. The monoisotopic (exact) mass is 1360 g/mol. The SMILES string of the molecule is CC(=O)N[C@H]1CCCCn2cc3ccsc3c2SC[C@@H](C(N)=O)NC(=O)[C@H](Cc2c[nH]c3ccccc23)NC(=O)[C@H](Cc2ccc(O)cc2)NC(=O)C(Cc2cnc[nH]2)NC(=O)[C@H](Cc2c[nH]c3ccccc23)NC(=O)[C@H](CO)NC(=O)[C@H](CC(=O)O)NC(=O)[C@H](CO)NC1=O. The Hall–Kier alpha value is -10.6. The van der Waals surface area contributed by atoms with Gasteiger partial charge in [-0.3, -0.25) is 52.7 Å². The predicted molar refractivity (Wildman–Crippen MR) is 351 cm³/mol. The molecule has 506 valence electrons. The van der Waals surface area contributed by atoms with Gasteiger partial charge >= 0.3 is 5.97 Å². The molecule has 0 saturated carbocycles. The fourth-order valence-electron chi connectivity index (χ4n) is 11.1. The van der Waals surface area contributed by atoms with Crippen molar-refractivity contribution < 1.29 is 73.2 Å². The number of imidazole rings is 1. The van der Waals surface area contributed by atoms with Crippen LogP contribution in [-0.2, 0) is 85.0 Å². The highest BCUT2D eigenvalue weighted by Gasteiger charge is 2.37. The van der Waals surface area contributed by atoms with E-state index in [1.54, 1.807) is 42.7 Å². The number of carbonyl (C=O) groups excluding carboxylic acids is 10. The number of fused-ring (bicyclic) bond motifs is 5. The maximum atomic E-state index is 15.2. The average Bonchev–Trinajstić information content (AvgIpc) is 1.68. The maximum Gasteiger partial charge on any atom is 0.305 e. The number of carbonyl (C=O) groups is 11. The van der Waals surface area contributed by atoms with Crippen LogP contribution in [0, 0.1) is 0 Å². The molecular weight excluding hydrogens is 1280 g/mol. The molecule has 1 aliphatic rings. The summed E-state index contributed by atoms with van der Waals surface area (Å²) < 4.78 is 2.77. The number of amides is 10. The molecule has 0 aliphatic carbocycles. The van der Waals surface area contributed by atoms with E-state index in [9.17, 15) is 58.8 Å². The number of aromatic hydroxyl groups is 1. The van der Waals surface area contributed by atoms with Crippen molar-refractivity contribution in [1.29, 1.82) is 0 Å². The lowest BCUT2D eigenvalue weighted by Gasteiger charge is -2.28. The summed E-state index contributed by atoms with van der Waals surface area (Å²) in [6.45, 7) is -0.745. The number of thiophene rings is 1. The van der Waals surface area contributed by atoms with Crippen molar-refractivity contribution >= 4 is 120 Å². The van der Waals surface area contributed by atoms with E-state index in [4.69, 9.17) is 5.73 Å². The number of aromatic nitrogens is 5. The molecule has 10 amide bonds. The lowest BCUT2D eigenvalue weighted by Crippen LogP contribution is -2.62. The normalized spacial score (nSPS) is 22.3. The van der Waals surface area contributed by atoms with Crippen molar-refractivity contribution in [2.75, 3.05) is 19.0 Å². The number of carboxylic acids is 1. The fraction of sp³-hybridized carbons (Fsp3) is 0.344. The molecule has 0 bridgehead atoms. The minimum absolute atomic E-state index is 0.00394. The average molecular weight is 1360 g/mol. The first kappa shape index (κ1) is 69.8. The lowest BCUT2D eigenvalue weighted by molar-refractivity contribution is -0.142. The van der Waals surface area contributed by atoms with Crippen LogP contribution in [0.2, 0.25) is 0 Å². The highest BCUT2D eigenvalue weighted by Crippen LogP contribution is 2.35. The van der Waals surface area contributed by atoms with Crippen molar-refractivity contribution in [1.82, 2.24) is 72.4 Å². The Morgan fingerprint density at radius 3 is 1.67 bits per heavy atom. The maximum absolute atomic E-state index is 15.2. The van der Waals surface area contributed by atoms with Gasteiger partial charge in [0, 0.05) is 103 Å². The predicted octanol–water partition coefficient (Wildman–Crippen LogP) is -0.331. The summed E-state index contributed by atoms with van der Waals surface area (Å²) in [7, 11) is 0. The first-order valence-electron chi connectivity index (χ1n) is 30.6. The highest BCUT2D eigenvalue weighted by molar-refractivity contribution is 7.99. The molecule has 1 aliphatic heterocycles. The number of aliphatic hydroxyl groups excluding tert-OH is 2. The number of para-hydroxylation sites is 2. The van der Waals surface area contributed by atoms with E-state index in [0.717, 1.165) is 17.0 Å². The number of nitrogens with zero attached hydrogens (tertiary/aromatic N) is 2. The van der Waals surface area contributed by atoms with Crippen molar-refractivity contribution in [2.24, 2.45) is 5.73 Å². The minimum Gasteiger partial charge on any atom is -0.508 e. The van der Waals surface area contributed by atoms with Crippen LogP contribution in [0.1, 0.15) is 55.0 Å². The molecular formula is C64H73N15O15S2. The Balaban J connectivity index is 1.09.